The van der Waals surface area contributed by atoms with E-state index in [2.05, 4.69) is 10.3 Å². The summed E-state index contributed by atoms with van der Waals surface area (Å²) in [6.07, 6.45) is 2.40. The van der Waals surface area contributed by atoms with Gasteiger partial charge in [-0.1, -0.05) is 23.8 Å². The SMILES string of the molecule is Cc1ccc(C)c(C(O)CNC(=O)c2cccnc2)c1. The zero-order valence-electron chi connectivity index (χ0n) is 11.6. The fourth-order valence-electron chi connectivity index (χ4n) is 2.02. The maximum atomic E-state index is 11.9. The van der Waals surface area contributed by atoms with Gasteiger partial charge < -0.3 is 10.4 Å². The van der Waals surface area contributed by atoms with E-state index in [1.54, 1.807) is 18.3 Å². The highest BCUT2D eigenvalue weighted by atomic mass is 16.3. The number of aliphatic hydroxyl groups is 1. The Morgan fingerprint density at radius 2 is 2.15 bits per heavy atom. The molecule has 0 aliphatic carbocycles. The number of aryl methyl sites for hydroxylation is 2. The van der Waals surface area contributed by atoms with E-state index in [-0.39, 0.29) is 12.5 Å². The highest BCUT2D eigenvalue weighted by Crippen LogP contribution is 2.18. The molecule has 1 unspecified atom stereocenters. The van der Waals surface area contributed by atoms with Crippen molar-refractivity contribution in [1.82, 2.24) is 10.3 Å². The molecule has 4 nitrogen and oxygen atoms in total. The second kappa shape index (κ2) is 6.30. The van der Waals surface area contributed by atoms with E-state index >= 15 is 0 Å². The number of nitrogens with one attached hydrogen (secondary N) is 1. The number of carbonyl (C=O) groups excluding carboxylic acids is 1. The van der Waals surface area contributed by atoms with Gasteiger partial charge in [0.2, 0.25) is 0 Å². The van der Waals surface area contributed by atoms with Crippen molar-refractivity contribution in [3.05, 3.63) is 65.0 Å². The van der Waals surface area contributed by atoms with Crippen molar-refractivity contribution in [2.75, 3.05) is 6.54 Å². The van der Waals surface area contributed by atoms with Gasteiger partial charge in [-0.05, 0) is 37.1 Å². The van der Waals surface area contributed by atoms with E-state index in [4.69, 9.17) is 0 Å². The summed E-state index contributed by atoms with van der Waals surface area (Å²) in [6, 6.07) is 9.30. The summed E-state index contributed by atoms with van der Waals surface area (Å²) in [6.45, 7) is 4.10. The molecule has 0 spiro atoms. The Hall–Kier alpha value is -2.20. The van der Waals surface area contributed by atoms with E-state index in [1.807, 2.05) is 32.0 Å². The third-order valence-corrected chi connectivity index (χ3v) is 3.17. The molecule has 20 heavy (non-hydrogen) atoms. The monoisotopic (exact) mass is 270 g/mol. The molecule has 1 aromatic heterocycles. The van der Waals surface area contributed by atoms with Crippen molar-refractivity contribution in [2.24, 2.45) is 0 Å². The summed E-state index contributed by atoms with van der Waals surface area (Å²) in [4.78, 5) is 15.8. The fourth-order valence-corrected chi connectivity index (χ4v) is 2.02. The Morgan fingerprint density at radius 3 is 2.85 bits per heavy atom. The number of aromatic nitrogens is 1. The molecule has 2 rings (SSSR count). The second-order valence-electron chi connectivity index (χ2n) is 4.83. The average Bonchev–Trinajstić information content (AvgIpc) is 2.47. The van der Waals surface area contributed by atoms with Crippen LogP contribution in [-0.2, 0) is 0 Å². The highest BCUT2D eigenvalue weighted by Gasteiger charge is 2.13. The summed E-state index contributed by atoms with van der Waals surface area (Å²) in [5.41, 5.74) is 3.43. The number of aliphatic hydroxyl groups excluding tert-OH is 1. The van der Waals surface area contributed by atoms with Crippen LogP contribution in [-0.4, -0.2) is 22.5 Å². The zero-order valence-corrected chi connectivity index (χ0v) is 11.6. The molecule has 2 aromatic rings. The molecule has 4 heteroatoms. The number of pyridine rings is 1. The molecule has 0 fully saturated rings. The van der Waals surface area contributed by atoms with Crippen molar-refractivity contribution in [3.63, 3.8) is 0 Å². The van der Waals surface area contributed by atoms with Gasteiger partial charge in [0.05, 0.1) is 11.7 Å². The van der Waals surface area contributed by atoms with Gasteiger partial charge in [-0.3, -0.25) is 9.78 Å². The van der Waals surface area contributed by atoms with E-state index < -0.39 is 6.10 Å². The van der Waals surface area contributed by atoms with Gasteiger partial charge in [-0.2, -0.15) is 0 Å². The Balaban J connectivity index is 2.00. The van der Waals surface area contributed by atoms with Crippen LogP contribution in [0.1, 0.15) is 33.2 Å². The van der Waals surface area contributed by atoms with Crippen LogP contribution in [0.3, 0.4) is 0 Å². The van der Waals surface area contributed by atoms with Crippen molar-refractivity contribution >= 4 is 5.91 Å². The third kappa shape index (κ3) is 3.42. The van der Waals surface area contributed by atoms with Crippen LogP contribution < -0.4 is 5.32 Å². The number of amides is 1. The van der Waals surface area contributed by atoms with E-state index in [1.165, 1.54) is 6.20 Å². The lowest BCUT2D eigenvalue weighted by atomic mass is 10.0. The number of hydrogen-bond donors (Lipinski definition) is 2. The van der Waals surface area contributed by atoms with Crippen LogP contribution >= 0.6 is 0 Å². The number of hydrogen-bond acceptors (Lipinski definition) is 3. The van der Waals surface area contributed by atoms with Crippen molar-refractivity contribution in [3.8, 4) is 0 Å². The van der Waals surface area contributed by atoms with Gasteiger partial charge in [-0.15, -0.1) is 0 Å². The molecular formula is C16H18N2O2. The maximum absolute atomic E-state index is 11.9. The first-order valence-electron chi connectivity index (χ1n) is 6.51. The predicted molar refractivity (Wildman–Crippen MR) is 77.4 cm³/mol. The van der Waals surface area contributed by atoms with Crippen molar-refractivity contribution in [2.45, 2.75) is 20.0 Å². The van der Waals surface area contributed by atoms with E-state index in [9.17, 15) is 9.90 Å². The molecule has 0 saturated carbocycles. The molecule has 0 saturated heterocycles. The lowest BCUT2D eigenvalue weighted by Gasteiger charge is -2.15. The van der Waals surface area contributed by atoms with Gasteiger partial charge in [0.15, 0.2) is 0 Å². The minimum atomic E-state index is -0.712. The first-order chi connectivity index (χ1) is 9.58. The van der Waals surface area contributed by atoms with Gasteiger partial charge >= 0.3 is 0 Å². The molecule has 1 atom stereocenters. The minimum Gasteiger partial charge on any atom is -0.387 e. The quantitative estimate of drug-likeness (QED) is 0.895. The normalized spacial score (nSPS) is 11.9. The topological polar surface area (TPSA) is 62.2 Å². The largest absolute Gasteiger partial charge is 0.387 e. The van der Waals surface area contributed by atoms with E-state index in [0.717, 1.165) is 16.7 Å². The lowest BCUT2D eigenvalue weighted by molar-refractivity contribution is 0.0915. The first kappa shape index (κ1) is 14.2. The summed E-state index contributed by atoms with van der Waals surface area (Å²) < 4.78 is 0. The zero-order chi connectivity index (χ0) is 14.5. The Bertz CT molecular complexity index is 597. The Labute approximate surface area is 118 Å². The summed E-state index contributed by atoms with van der Waals surface area (Å²) in [5.74, 6) is -0.234. The van der Waals surface area contributed by atoms with Crippen LogP contribution in [0.5, 0.6) is 0 Å². The van der Waals surface area contributed by atoms with Gasteiger partial charge in [0.1, 0.15) is 0 Å². The number of nitrogens with zero attached hydrogens (tertiary/aromatic N) is 1. The standard InChI is InChI=1S/C16H18N2O2/c1-11-5-6-12(2)14(8-11)15(19)10-18-16(20)13-4-3-7-17-9-13/h3-9,15,19H,10H2,1-2H3,(H,18,20). The van der Waals surface area contributed by atoms with Crippen molar-refractivity contribution < 1.29 is 9.90 Å². The molecule has 0 aliphatic heterocycles. The van der Waals surface area contributed by atoms with Gasteiger partial charge in [0.25, 0.3) is 5.91 Å². The molecule has 0 radical (unpaired) electrons. The number of benzene rings is 1. The highest BCUT2D eigenvalue weighted by molar-refractivity contribution is 5.93. The lowest BCUT2D eigenvalue weighted by Crippen LogP contribution is -2.28. The molecule has 0 aliphatic rings. The van der Waals surface area contributed by atoms with Crippen LogP contribution in [0, 0.1) is 13.8 Å². The number of carbonyl (C=O) groups is 1. The van der Waals surface area contributed by atoms with Crippen LogP contribution in [0.4, 0.5) is 0 Å². The number of rotatable bonds is 4. The Morgan fingerprint density at radius 1 is 1.35 bits per heavy atom. The summed E-state index contributed by atoms with van der Waals surface area (Å²) >= 11 is 0. The average molecular weight is 270 g/mol. The van der Waals surface area contributed by atoms with Gasteiger partial charge in [0, 0.05) is 18.9 Å². The summed E-state index contributed by atoms with van der Waals surface area (Å²) in [5, 5.41) is 12.9. The second-order valence-corrected chi connectivity index (χ2v) is 4.83. The van der Waals surface area contributed by atoms with Crippen LogP contribution in [0.25, 0.3) is 0 Å². The molecule has 2 N–H and O–H groups in total. The third-order valence-electron chi connectivity index (χ3n) is 3.17. The Kier molecular flexibility index (Phi) is 4.48. The van der Waals surface area contributed by atoms with Crippen LogP contribution in [0.15, 0.2) is 42.7 Å². The molecule has 0 bridgehead atoms. The minimum absolute atomic E-state index is 0.179. The molecule has 1 aromatic carbocycles. The molecule has 1 amide bonds. The van der Waals surface area contributed by atoms with E-state index in [0.29, 0.717) is 5.56 Å². The first-order valence-corrected chi connectivity index (χ1v) is 6.51. The smallest absolute Gasteiger partial charge is 0.252 e. The van der Waals surface area contributed by atoms with Gasteiger partial charge in [-0.25, -0.2) is 0 Å². The van der Waals surface area contributed by atoms with Crippen molar-refractivity contribution in [1.29, 1.82) is 0 Å². The van der Waals surface area contributed by atoms with Crippen LogP contribution in [0.2, 0.25) is 0 Å². The molecule has 104 valence electrons. The maximum Gasteiger partial charge on any atom is 0.252 e. The predicted octanol–water partition coefficient (Wildman–Crippen LogP) is 2.16. The fraction of sp³-hybridized carbons (Fsp3) is 0.250. The summed E-state index contributed by atoms with van der Waals surface area (Å²) in [7, 11) is 0. The molecular weight excluding hydrogens is 252 g/mol. The molecule has 1 heterocycles.